The molecule has 4 aromatic rings. The topological polar surface area (TPSA) is 115 Å². The van der Waals surface area contributed by atoms with Gasteiger partial charge >= 0.3 is 6.18 Å². The van der Waals surface area contributed by atoms with E-state index < -0.39 is 23.6 Å². The average molecular weight is 442 g/mol. The van der Waals surface area contributed by atoms with E-state index in [2.05, 4.69) is 26.3 Å². The highest BCUT2D eigenvalue weighted by Crippen LogP contribution is 2.33. The second-order valence-corrected chi connectivity index (χ2v) is 6.41. The third-order valence-corrected chi connectivity index (χ3v) is 4.27. The minimum Gasteiger partial charge on any atom is -0.355 e. The van der Waals surface area contributed by atoms with Crippen LogP contribution in [0.25, 0.3) is 17.0 Å². The lowest BCUT2D eigenvalue weighted by molar-refractivity contribution is -0.137. The van der Waals surface area contributed by atoms with Crippen LogP contribution in [-0.4, -0.2) is 32.0 Å². The lowest BCUT2D eigenvalue weighted by Crippen LogP contribution is -2.41. The van der Waals surface area contributed by atoms with Crippen LogP contribution in [0.3, 0.4) is 0 Å². The summed E-state index contributed by atoms with van der Waals surface area (Å²) in [6, 6.07) is 15.0. The zero-order valence-corrected chi connectivity index (χ0v) is 16.0. The maximum Gasteiger partial charge on any atom is 0.418 e. The molecule has 0 saturated carbocycles. The molecule has 0 fully saturated rings. The Morgan fingerprint density at radius 1 is 0.906 bits per heavy atom. The van der Waals surface area contributed by atoms with Crippen molar-refractivity contribution in [2.45, 2.75) is 6.18 Å². The van der Waals surface area contributed by atoms with Gasteiger partial charge in [0, 0.05) is 11.6 Å². The molecule has 2 aromatic carbocycles. The number of aromatic nitrogens is 4. The molecule has 0 aliphatic carbocycles. The molecule has 0 spiro atoms. The van der Waals surface area contributed by atoms with Crippen LogP contribution in [0.15, 0.2) is 71.4 Å². The monoisotopic (exact) mass is 442 g/mol. The first kappa shape index (κ1) is 20.8. The van der Waals surface area contributed by atoms with Crippen molar-refractivity contribution in [3.05, 3.63) is 83.8 Å². The smallest absolute Gasteiger partial charge is 0.355 e. The fourth-order valence-electron chi connectivity index (χ4n) is 2.76. The number of nitrogens with zero attached hydrogens (tertiary/aromatic N) is 4. The van der Waals surface area contributed by atoms with Gasteiger partial charge in [0.05, 0.1) is 17.4 Å². The molecule has 9 nitrogen and oxygen atoms in total. The van der Waals surface area contributed by atoms with Crippen molar-refractivity contribution in [2.75, 3.05) is 0 Å². The molecule has 0 radical (unpaired) electrons. The van der Waals surface area contributed by atoms with Crippen molar-refractivity contribution >= 4 is 11.8 Å². The van der Waals surface area contributed by atoms with E-state index in [4.69, 9.17) is 4.52 Å². The molecule has 0 aliphatic rings. The maximum absolute atomic E-state index is 13.2. The molecule has 0 saturated heterocycles. The summed E-state index contributed by atoms with van der Waals surface area (Å²) >= 11 is 0. The van der Waals surface area contributed by atoms with E-state index in [1.54, 1.807) is 24.3 Å². The predicted molar refractivity (Wildman–Crippen MR) is 103 cm³/mol. The van der Waals surface area contributed by atoms with Gasteiger partial charge in [0.1, 0.15) is 0 Å². The Balaban J connectivity index is 1.43. The highest BCUT2D eigenvalue weighted by Gasteiger charge is 2.34. The van der Waals surface area contributed by atoms with Gasteiger partial charge in [-0.15, -0.1) is 5.10 Å². The summed E-state index contributed by atoms with van der Waals surface area (Å²) in [5, 5.41) is 10.8. The molecule has 0 bridgehead atoms. The van der Waals surface area contributed by atoms with E-state index in [0.29, 0.717) is 11.3 Å². The van der Waals surface area contributed by atoms with Crippen molar-refractivity contribution in [3.63, 3.8) is 0 Å². The highest BCUT2D eigenvalue weighted by molar-refractivity contribution is 5.97. The maximum atomic E-state index is 13.2. The summed E-state index contributed by atoms with van der Waals surface area (Å²) in [4.78, 5) is 24.4. The number of hydrazine groups is 1. The van der Waals surface area contributed by atoms with Crippen molar-refractivity contribution in [1.82, 2.24) is 31.0 Å². The molecular formula is C20H13F3N6O3. The van der Waals surface area contributed by atoms with Crippen LogP contribution in [0.2, 0.25) is 0 Å². The molecule has 0 unspecified atom stereocenters. The number of benzene rings is 2. The minimum atomic E-state index is -4.62. The summed E-state index contributed by atoms with van der Waals surface area (Å²) in [5.41, 5.74) is 3.29. The van der Waals surface area contributed by atoms with E-state index in [-0.39, 0.29) is 17.1 Å². The summed E-state index contributed by atoms with van der Waals surface area (Å²) in [5.74, 6) is -1.30. The number of hydrogen-bond donors (Lipinski definition) is 2. The van der Waals surface area contributed by atoms with Crippen molar-refractivity contribution in [3.8, 4) is 17.0 Å². The molecule has 32 heavy (non-hydrogen) atoms. The van der Waals surface area contributed by atoms with Crippen molar-refractivity contribution < 1.29 is 27.3 Å². The molecule has 2 aromatic heterocycles. The number of amides is 2. The van der Waals surface area contributed by atoms with Gasteiger partial charge in [0.25, 0.3) is 11.8 Å². The minimum absolute atomic E-state index is 0.0908. The van der Waals surface area contributed by atoms with E-state index in [0.717, 1.165) is 16.9 Å². The van der Waals surface area contributed by atoms with Gasteiger partial charge in [-0.3, -0.25) is 20.4 Å². The number of carbonyl (C=O) groups is 2. The molecule has 162 valence electrons. The van der Waals surface area contributed by atoms with Crippen LogP contribution in [0.1, 0.15) is 26.5 Å². The molecule has 0 atom stereocenters. The molecule has 0 aliphatic heterocycles. The SMILES string of the molecule is O=C(NNC(=O)c1cc(-c2ccccc2)on1)c1cn(-c2ccccc2C(F)(F)F)nn1. The van der Waals surface area contributed by atoms with Gasteiger partial charge in [-0.1, -0.05) is 52.8 Å². The van der Waals surface area contributed by atoms with Crippen LogP contribution < -0.4 is 10.9 Å². The number of halogens is 3. The standard InChI is InChI=1S/C20H13F3N6O3/c21-20(22,23)13-8-4-5-9-16(13)29-11-15(24-28-29)19(31)26-25-18(30)14-10-17(32-27-14)12-6-2-1-3-7-12/h1-11H,(H,25,30)(H,26,31). The lowest BCUT2D eigenvalue weighted by atomic mass is 10.1. The highest BCUT2D eigenvalue weighted by atomic mass is 19.4. The number of carbonyl (C=O) groups excluding carboxylic acids is 2. The first-order valence-corrected chi connectivity index (χ1v) is 9.04. The number of nitrogens with one attached hydrogen (secondary N) is 2. The van der Waals surface area contributed by atoms with Crippen LogP contribution >= 0.6 is 0 Å². The Morgan fingerprint density at radius 3 is 2.28 bits per heavy atom. The first-order valence-electron chi connectivity index (χ1n) is 9.04. The van der Waals surface area contributed by atoms with Gasteiger partial charge in [0.2, 0.25) is 0 Å². The van der Waals surface area contributed by atoms with E-state index in [9.17, 15) is 22.8 Å². The zero-order chi connectivity index (χ0) is 22.7. The van der Waals surface area contributed by atoms with Gasteiger partial charge in [0.15, 0.2) is 17.1 Å². The molecule has 2 heterocycles. The Bertz CT molecular complexity index is 1270. The number of hydrogen-bond acceptors (Lipinski definition) is 6. The molecular weight excluding hydrogens is 429 g/mol. The van der Waals surface area contributed by atoms with Gasteiger partial charge < -0.3 is 4.52 Å². The van der Waals surface area contributed by atoms with E-state index in [1.165, 1.54) is 24.3 Å². The average Bonchev–Trinajstić information content (AvgIpc) is 3.48. The fourth-order valence-corrected chi connectivity index (χ4v) is 2.76. The van der Waals surface area contributed by atoms with Gasteiger partial charge in [-0.2, -0.15) is 13.2 Å². The zero-order valence-electron chi connectivity index (χ0n) is 16.0. The van der Waals surface area contributed by atoms with E-state index in [1.807, 2.05) is 6.07 Å². The summed E-state index contributed by atoms with van der Waals surface area (Å²) < 4.78 is 45.5. The number of para-hydroxylation sites is 1. The molecule has 12 heteroatoms. The third kappa shape index (κ3) is 4.33. The first-order chi connectivity index (χ1) is 15.3. The quantitative estimate of drug-likeness (QED) is 0.470. The molecule has 4 rings (SSSR count). The van der Waals surface area contributed by atoms with Crippen LogP contribution in [-0.2, 0) is 6.18 Å². The molecule has 2 N–H and O–H groups in total. The second-order valence-electron chi connectivity index (χ2n) is 6.41. The van der Waals surface area contributed by atoms with Crippen molar-refractivity contribution in [1.29, 1.82) is 0 Å². The largest absolute Gasteiger partial charge is 0.418 e. The van der Waals surface area contributed by atoms with Gasteiger partial charge in [-0.25, -0.2) is 4.68 Å². The Labute approximate surface area is 177 Å². The van der Waals surface area contributed by atoms with Crippen molar-refractivity contribution in [2.24, 2.45) is 0 Å². The summed E-state index contributed by atoms with van der Waals surface area (Å²) in [7, 11) is 0. The van der Waals surface area contributed by atoms with Crippen LogP contribution in [0, 0.1) is 0 Å². The number of alkyl halides is 3. The molecule has 2 amide bonds. The van der Waals surface area contributed by atoms with Crippen LogP contribution in [0.4, 0.5) is 13.2 Å². The third-order valence-electron chi connectivity index (χ3n) is 4.27. The van der Waals surface area contributed by atoms with Gasteiger partial charge in [-0.05, 0) is 12.1 Å². The normalized spacial score (nSPS) is 11.2. The number of rotatable bonds is 4. The Hall–Kier alpha value is -4.48. The van der Waals surface area contributed by atoms with E-state index >= 15 is 0 Å². The predicted octanol–water partition coefficient (Wildman–Crippen LogP) is 3.02. The Morgan fingerprint density at radius 2 is 1.56 bits per heavy atom. The summed E-state index contributed by atoms with van der Waals surface area (Å²) in [6.45, 7) is 0. The lowest BCUT2D eigenvalue weighted by Gasteiger charge is -2.11. The van der Waals surface area contributed by atoms with Crippen LogP contribution in [0.5, 0.6) is 0 Å². The Kier molecular flexibility index (Phi) is 5.41. The second kappa shape index (κ2) is 8.34. The fraction of sp³-hybridized carbons (Fsp3) is 0.0500. The summed E-state index contributed by atoms with van der Waals surface area (Å²) in [6.07, 6.45) is -3.61.